The quantitative estimate of drug-likeness (QED) is 0.822. The summed E-state index contributed by atoms with van der Waals surface area (Å²) in [6.07, 6.45) is 0. The van der Waals surface area contributed by atoms with Gasteiger partial charge in [-0.25, -0.2) is 4.79 Å². The van der Waals surface area contributed by atoms with Gasteiger partial charge >= 0.3 is 5.97 Å². The summed E-state index contributed by atoms with van der Waals surface area (Å²) in [5.41, 5.74) is 3.16. The number of anilines is 1. The summed E-state index contributed by atoms with van der Waals surface area (Å²) in [6.45, 7) is 6.11. The number of phenolic OH excluding ortho intramolecular Hbond substituents is 1. The first-order valence-electron chi connectivity index (χ1n) is 8.53. The number of ether oxygens (including phenoxy) is 1. The molecule has 26 heavy (non-hydrogen) atoms. The van der Waals surface area contributed by atoms with Crippen LogP contribution in [0.2, 0.25) is 0 Å². The van der Waals surface area contributed by atoms with Gasteiger partial charge < -0.3 is 24.6 Å². The van der Waals surface area contributed by atoms with Crippen LogP contribution in [0.3, 0.4) is 0 Å². The van der Waals surface area contributed by atoms with Crippen molar-refractivity contribution < 1.29 is 19.4 Å². The summed E-state index contributed by atoms with van der Waals surface area (Å²) in [7, 11) is 1.33. The van der Waals surface area contributed by atoms with E-state index in [2.05, 4.69) is 9.88 Å². The van der Waals surface area contributed by atoms with E-state index in [1.165, 1.54) is 7.11 Å². The minimum atomic E-state index is -0.438. The van der Waals surface area contributed by atoms with E-state index in [1.807, 2.05) is 12.1 Å². The van der Waals surface area contributed by atoms with Crippen LogP contribution in [-0.2, 0) is 4.74 Å². The van der Waals surface area contributed by atoms with Crippen molar-refractivity contribution in [3.8, 4) is 5.75 Å². The Morgan fingerprint density at radius 3 is 2.27 bits per heavy atom. The highest BCUT2D eigenvalue weighted by molar-refractivity contribution is 6.00. The van der Waals surface area contributed by atoms with Crippen molar-refractivity contribution in [1.82, 2.24) is 9.88 Å². The molecule has 138 valence electrons. The summed E-state index contributed by atoms with van der Waals surface area (Å²) in [5, 5.41) is 9.40. The second-order valence-electron chi connectivity index (χ2n) is 6.41. The maximum Gasteiger partial charge on any atom is 0.339 e. The first kappa shape index (κ1) is 17.8. The number of phenols is 1. The van der Waals surface area contributed by atoms with Gasteiger partial charge in [0.15, 0.2) is 0 Å². The van der Waals surface area contributed by atoms with Crippen LogP contribution in [0.1, 0.15) is 32.1 Å². The van der Waals surface area contributed by atoms with Gasteiger partial charge in [-0.15, -0.1) is 0 Å². The molecule has 7 heteroatoms. The van der Waals surface area contributed by atoms with Gasteiger partial charge in [0, 0.05) is 37.6 Å². The minimum absolute atomic E-state index is 0.105. The second kappa shape index (κ2) is 7.11. The fraction of sp³-hybridized carbons (Fsp3) is 0.368. The van der Waals surface area contributed by atoms with Crippen molar-refractivity contribution >= 4 is 17.6 Å². The zero-order valence-corrected chi connectivity index (χ0v) is 15.2. The number of aryl methyl sites for hydroxylation is 1. The van der Waals surface area contributed by atoms with Gasteiger partial charge in [0.2, 0.25) is 0 Å². The molecule has 0 bridgehead atoms. The van der Waals surface area contributed by atoms with Gasteiger partial charge in [-0.05, 0) is 43.7 Å². The monoisotopic (exact) mass is 357 g/mol. The molecule has 1 aliphatic rings. The zero-order chi connectivity index (χ0) is 18.8. The normalized spacial score (nSPS) is 14.4. The van der Waals surface area contributed by atoms with Crippen LogP contribution in [0.4, 0.5) is 5.69 Å². The van der Waals surface area contributed by atoms with Crippen LogP contribution in [-0.4, -0.2) is 60.2 Å². The topological polar surface area (TPSA) is 85.9 Å². The lowest BCUT2D eigenvalue weighted by molar-refractivity contribution is 0.0599. The smallest absolute Gasteiger partial charge is 0.339 e. The average Bonchev–Trinajstić information content (AvgIpc) is 2.95. The predicted octanol–water partition coefficient (Wildman–Crippen LogP) is 2.09. The number of amides is 1. The fourth-order valence-electron chi connectivity index (χ4n) is 3.36. The van der Waals surface area contributed by atoms with E-state index in [4.69, 9.17) is 4.74 Å². The number of nitrogens with one attached hydrogen (secondary N) is 1. The number of esters is 1. The molecular weight excluding hydrogens is 334 g/mol. The first-order chi connectivity index (χ1) is 12.4. The molecule has 0 unspecified atom stereocenters. The second-order valence-corrected chi connectivity index (χ2v) is 6.41. The van der Waals surface area contributed by atoms with Gasteiger partial charge in [0.25, 0.3) is 5.91 Å². The van der Waals surface area contributed by atoms with E-state index in [0.29, 0.717) is 48.7 Å². The summed E-state index contributed by atoms with van der Waals surface area (Å²) >= 11 is 0. The summed E-state index contributed by atoms with van der Waals surface area (Å²) in [5.74, 6) is -0.305. The van der Waals surface area contributed by atoms with E-state index >= 15 is 0 Å². The Morgan fingerprint density at radius 2 is 1.69 bits per heavy atom. The minimum Gasteiger partial charge on any atom is -0.508 e. The molecule has 2 heterocycles. The van der Waals surface area contributed by atoms with Crippen LogP contribution in [0.15, 0.2) is 24.3 Å². The summed E-state index contributed by atoms with van der Waals surface area (Å²) in [4.78, 5) is 31.8. The number of H-pyrrole nitrogens is 1. The lowest BCUT2D eigenvalue weighted by Crippen LogP contribution is -2.49. The Bertz CT molecular complexity index is 818. The van der Waals surface area contributed by atoms with E-state index < -0.39 is 5.97 Å². The number of piperazine rings is 1. The molecule has 1 aromatic heterocycles. The molecule has 1 aliphatic heterocycles. The van der Waals surface area contributed by atoms with Crippen molar-refractivity contribution in [1.29, 1.82) is 0 Å². The molecule has 1 amide bonds. The number of aromatic amines is 1. The molecule has 1 saturated heterocycles. The van der Waals surface area contributed by atoms with E-state index in [-0.39, 0.29) is 11.7 Å². The predicted molar refractivity (Wildman–Crippen MR) is 97.8 cm³/mol. The zero-order valence-electron chi connectivity index (χ0n) is 15.2. The Morgan fingerprint density at radius 1 is 1.08 bits per heavy atom. The molecule has 7 nitrogen and oxygen atoms in total. The SMILES string of the molecule is COC(=O)c1c(C)[nH]c(C(=O)N2CCN(c3ccc(O)cc3)CC2)c1C. The molecule has 3 rings (SSSR count). The number of rotatable bonds is 3. The lowest BCUT2D eigenvalue weighted by Gasteiger charge is -2.36. The van der Waals surface area contributed by atoms with E-state index in [1.54, 1.807) is 30.9 Å². The maximum absolute atomic E-state index is 12.9. The molecule has 2 aromatic rings. The summed E-state index contributed by atoms with van der Waals surface area (Å²) < 4.78 is 4.80. The fourth-order valence-corrected chi connectivity index (χ4v) is 3.36. The lowest BCUT2D eigenvalue weighted by atomic mass is 10.1. The molecule has 2 N–H and O–H groups in total. The van der Waals surface area contributed by atoms with Crippen LogP contribution in [0.5, 0.6) is 5.75 Å². The van der Waals surface area contributed by atoms with Crippen LogP contribution in [0.25, 0.3) is 0 Å². The van der Waals surface area contributed by atoms with Gasteiger partial charge in [-0.1, -0.05) is 0 Å². The van der Waals surface area contributed by atoms with Crippen molar-refractivity contribution in [2.75, 3.05) is 38.2 Å². The summed E-state index contributed by atoms with van der Waals surface area (Å²) in [6, 6.07) is 7.06. The number of benzene rings is 1. The average molecular weight is 357 g/mol. The molecular formula is C19H23N3O4. The third-order valence-corrected chi connectivity index (χ3v) is 4.82. The number of carbonyl (C=O) groups is 2. The highest BCUT2D eigenvalue weighted by Gasteiger charge is 2.28. The Hall–Kier alpha value is -2.96. The number of methoxy groups -OCH3 is 1. The number of carbonyl (C=O) groups excluding carboxylic acids is 2. The third kappa shape index (κ3) is 3.24. The van der Waals surface area contributed by atoms with Gasteiger partial charge in [0.1, 0.15) is 11.4 Å². The highest BCUT2D eigenvalue weighted by atomic mass is 16.5. The molecule has 1 aromatic carbocycles. The first-order valence-corrected chi connectivity index (χ1v) is 8.53. The van der Waals surface area contributed by atoms with Gasteiger partial charge in [-0.3, -0.25) is 4.79 Å². The van der Waals surface area contributed by atoms with Crippen LogP contribution < -0.4 is 4.90 Å². The van der Waals surface area contributed by atoms with Crippen molar-refractivity contribution in [3.05, 3.63) is 46.8 Å². The Balaban J connectivity index is 1.71. The van der Waals surface area contributed by atoms with Crippen molar-refractivity contribution in [2.45, 2.75) is 13.8 Å². The standard InChI is InChI=1S/C19H23N3O4/c1-12-16(19(25)26-3)13(2)20-17(12)18(24)22-10-8-21(9-11-22)14-4-6-15(23)7-5-14/h4-7,20,23H,8-11H2,1-3H3. The van der Waals surface area contributed by atoms with Crippen LogP contribution in [0, 0.1) is 13.8 Å². The number of hydrogen-bond donors (Lipinski definition) is 2. The number of aromatic nitrogens is 1. The third-order valence-electron chi connectivity index (χ3n) is 4.82. The maximum atomic E-state index is 12.9. The molecule has 0 saturated carbocycles. The number of aromatic hydroxyl groups is 1. The van der Waals surface area contributed by atoms with Crippen LogP contribution >= 0.6 is 0 Å². The molecule has 0 spiro atoms. The van der Waals surface area contributed by atoms with E-state index in [0.717, 1.165) is 5.69 Å². The van der Waals surface area contributed by atoms with Gasteiger partial charge in [0.05, 0.1) is 12.7 Å². The molecule has 0 atom stereocenters. The van der Waals surface area contributed by atoms with Gasteiger partial charge in [-0.2, -0.15) is 0 Å². The van der Waals surface area contributed by atoms with E-state index in [9.17, 15) is 14.7 Å². The molecule has 0 radical (unpaired) electrons. The number of nitrogens with zero attached hydrogens (tertiary/aromatic N) is 2. The molecule has 0 aliphatic carbocycles. The van der Waals surface area contributed by atoms with Crippen molar-refractivity contribution in [2.24, 2.45) is 0 Å². The largest absolute Gasteiger partial charge is 0.508 e. The Kier molecular flexibility index (Phi) is 4.88. The number of hydrogen-bond acceptors (Lipinski definition) is 5. The van der Waals surface area contributed by atoms with Crippen molar-refractivity contribution in [3.63, 3.8) is 0 Å². The Labute approximate surface area is 152 Å². The molecule has 1 fully saturated rings. The highest BCUT2D eigenvalue weighted by Crippen LogP contribution is 2.23.